The van der Waals surface area contributed by atoms with Crippen LogP contribution in [0.3, 0.4) is 0 Å². The molecule has 1 atom stereocenters. The first-order valence-electron chi connectivity index (χ1n) is 6.48. The molecule has 3 nitrogen and oxygen atoms in total. The first-order chi connectivity index (χ1) is 8.45. The lowest BCUT2D eigenvalue weighted by molar-refractivity contribution is -0.120. The van der Waals surface area contributed by atoms with E-state index in [1.54, 1.807) is 0 Å². The van der Waals surface area contributed by atoms with Gasteiger partial charge in [0.25, 0.3) is 0 Å². The number of nitrogens with one attached hydrogen (secondary N) is 1. The summed E-state index contributed by atoms with van der Waals surface area (Å²) in [6.07, 6.45) is 0.449. The minimum Gasteiger partial charge on any atom is -0.355 e. The van der Waals surface area contributed by atoms with Crippen LogP contribution in [-0.2, 0) is 11.2 Å². The van der Waals surface area contributed by atoms with Gasteiger partial charge in [-0.15, -0.1) is 0 Å². The number of aryl methyl sites for hydroxylation is 1. The summed E-state index contributed by atoms with van der Waals surface area (Å²) in [7, 11) is 0. The molecule has 0 spiro atoms. The van der Waals surface area contributed by atoms with E-state index < -0.39 is 0 Å². The fraction of sp³-hybridized carbons (Fsp3) is 0.533. The van der Waals surface area contributed by atoms with Crippen molar-refractivity contribution in [1.82, 2.24) is 5.32 Å². The van der Waals surface area contributed by atoms with Gasteiger partial charge in [-0.3, -0.25) is 4.79 Å². The lowest BCUT2D eigenvalue weighted by Crippen LogP contribution is -2.32. The Kier molecular flexibility index (Phi) is 5.35. The van der Waals surface area contributed by atoms with E-state index >= 15 is 0 Å². The summed E-state index contributed by atoms with van der Waals surface area (Å²) >= 11 is 0. The molecule has 1 aromatic rings. The average molecular weight is 248 g/mol. The van der Waals surface area contributed by atoms with Gasteiger partial charge < -0.3 is 11.1 Å². The van der Waals surface area contributed by atoms with Gasteiger partial charge in [0.05, 0.1) is 6.42 Å². The molecule has 0 saturated carbocycles. The van der Waals surface area contributed by atoms with Crippen molar-refractivity contribution in [3.8, 4) is 0 Å². The van der Waals surface area contributed by atoms with Gasteiger partial charge in [-0.1, -0.05) is 19.1 Å². The monoisotopic (exact) mass is 248 g/mol. The molecule has 0 aromatic heterocycles. The zero-order chi connectivity index (χ0) is 13.7. The molecule has 0 bridgehead atoms. The molecule has 3 heteroatoms. The van der Waals surface area contributed by atoms with Crippen molar-refractivity contribution in [3.05, 3.63) is 34.4 Å². The zero-order valence-corrected chi connectivity index (χ0v) is 11.8. The van der Waals surface area contributed by atoms with Crippen LogP contribution in [0.25, 0.3) is 0 Å². The molecule has 100 valence electrons. The Morgan fingerprint density at radius 1 is 1.28 bits per heavy atom. The lowest BCUT2D eigenvalue weighted by Gasteiger charge is -2.13. The van der Waals surface area contributed by atoms with Crippen LogP contribution in [0.2, 0.25) is 0 Å². The molecule has 0 aliphatic rings. The third kappa shape index (κ3) is 3.84. The van der Waals surface area contributed by atoms with Gasteiger partial charge in [0.15, 0.2) is 0 Å². The van der Waals surface area contributed by atoms with E-state index in [0.29, 0.717) is 25.4 Å². The number of rotatable bonds is 5. The van der Waals surface area contributed by atoms with E-state index in [1.807, 2.05) is 13.0 Å². The maximum absolute atomic E-state index is 11.8. The Labute approximate surface area is 110 Å². The van der Waals surface area contributed by atoms with Crippen LogP contribution in [0.4, 0.5) is 0 Å². The van der Waals surface area contributed by atoms with Crippen LogP contribution in [0.1, 0.15) is 29.2 Å². The third-order valence-corrected chi connectivity index (χ3v) is 3.57. The number of amides is 1. The van der Waals surface area contributed by atoms with E-state index in [2.05, 4.69) is 32.2 Å². The first-order valence-corrected chi connectivity index (χ1v) is 6.48. The van der Waals surface area contributed by atoms with Gasteiger partial charge >= 0.3 is 0 Å². The molecule has 18 heavy (non-hydrogen) atoms. The molecule has 1 amide bonds. The smallest absolute Gasteiger partial charge is 0.224 e. The molecule has 0 aliphatic carbocycles. The van der Waals surface area contributed by atoms with Gasteiger partial charge in [-0.2, -0.15) is 0 Å². The topological polar surface area (TPSA) is 55.1 Å². The summed E-state index contributed by atoms with van der Waals surface area (Å²) in [4.78, 5) is 11.8. The Balaban J connectivity index is 2.63. The number of carbonyl (C=O) groups is 1. The molecule has 1 rings (SSSR count). The highest BCUT2D eigenvalue weighted by Crippen LogP contribution is 2.17. The van der Waals surface area contributed by atoms with Crippen LogP contribution in [0.15, 0.2) is 12.1 Å². The summed E-state index contributed by atoms with van der Waals surface area (Å²) in [6.45, 7) is 9.55. The van der Waals surface area contributed by atoms with E-state index in [9.17, 15) is 4.79 Å². The van der Waals surface area contributed by atoms with Crippen LogP contribution >= 0.6 is 0 Å². The quantitative estimate of drug-likeness (QED) is 0.835. The van der Waals surface area contributed by atoms with Crippen molar-refractivity contribution in [2.24, 2.45) is 11.7 Å². The summed E-state index contributed by atoms with van der Waals surface area (Å²) in [5.41, 5.74) is 10.4. The Morgan fingerprint density at radius 2 is 1.94 bits per heavy atom. The van der Waals surface area contributed by atoms with Crippen LogP contribution < -0.4 is 11.1 Å². The second-order valence-corrected chi connectivity index (χ2v) is 5.11. The summed E-state index contributed by atoms with van der Waals surface area (Å²) in [6, 6.07) is 4.12. The second-order valence-electron chi connectivity index (χ2n) is 5.11. The van der Waals surface area contributed by atoms with Crippen LogP contribution in [-0.4, -0.2) is 19.0 Å². The highest BCUT2D eigenvalue weighted by Gasteiger charge is 2.09. The molecular formula is C15H24N2O. The second kappa shape index (κ2) is 6.55. The fourth-order valence-electron chi connectivity index (χ4n) is 1.81. The van der Waals surface area contributed by atoms with Gasteiger partial charge in [-0.05, 0) is 55.5 Å². The van der Waals surface area contributed by atoms with E-state index in [1.165, 1.54) is 16.7 Å². The molecule has 3 N–H and O–H groups in total. The van der Waals surface area contributed by atoms with Crippen molar-refractivity contribution < 1.29 is 4.79 Å². The molecule has 1 aromatic carbocycles. The van der Waals surface area contributed by atoms with E-state index in [4.69, 9.17) is 5.73 Å². The number of carbonyl (C=O) groups excluding carboxylic acids is 1. The van der Waals surface area contributed by atoms with Gasteiger partial charge in [0, 0.05) is 6.54 Å². The third-order valence-electron chi connectivity index (χ3n) is 3.57. The number of benzene rings is 1. The first kappa shape index (κ1) is 14.7. The Morgan fingerprint density at radius 3 is 2.56 bits per heavy atom. The molecular weight excluding hydrogens is 224 g/mol. The normalized spacial score (nSPS) is 12.3. The van der Waals surface area contributed by atoms with Crippen LogP contribution in [0.5, 0.6) is 0 Å². The Hall–Kier alpha value is -1.35. The maximum Gasteiger partial charge on any atom is 0.224 e. The predicted molar refractivity (Wildman–Crippen MR) is 75.6 cm³/mol. The van der Waals surface area contributed by atoms with E-state index in [0.717, 1.165) is 5.56 Å². The van der Waals surface area contributed by atoms with Crippen molar-refractivity contribution in [1.29, 1.82) is 0 Å². The summed E-state index contributed by atoms with van der Waals surface area (Å²) in [5, 5.41) is 2.92. The number of nitrogens with two attached hydrogens (primary N) is 1. The van der Waals surface area contributed by atoms with Crippen LogP contribution in [0, 0.1) is 26.7 Å². The molecule has 0 radical (unpaired) electrons. The van der Waals surface area contributed by atoms with Gasteiger partial charge in [0.2, 0.25) is 5.91 Å². The van der Waals surface area contributed by atoms with Crippen molar-refractivity contribution in [2.45, 2.75) is 34.1 Å². The summed E-state index contributed by atoms with van der Waals surface area (Å²) in [5.74, 6) is 0.399. The molecule has 0 fully saturated rings. The predicted octanol–water partition coefficient (Wildman–Crippen LogP) is 1.87. The molecule has 1 unspecified atom stereocenters. The average Bonchev–Trinajstić information content (AvgIpc) is 2.36. The van der Waals surface area contributed by atoms with Crippen molar-refractivity contribution >= 4 is 5.91 Å². The SMILES string of the molecule is Cc1ccc(CC(=O)NCC(C)CN)c(C)c1C. The molecule has 0 heterocycles. The molecule has 0 aliphatic heterocycles. The standard InChI is InChI=1S/C15H24N2O/c1-10(8-16)9-17-15(18)7-14-6-5-11(2)12(3)13(14)4/h5-6,10H,7-9,16H2,1-4H3,(H,17,18). The zero-order valence-electron chi connectivity index (χ0n) is 11.8. The molecule has 0 saturated heterocycles. The minimum atomic E-state index is 0.0710. The minimum absolute atomic E-state index is 0.0710. The maximum atomic E-state index is 11.8. The number of hydrogen-bond acceptors (Lipinski definition) is 2. The highest BCUT2D eigenvalue weighted by atomic mass is 16.1. The van der Waals surface area contributed by atoms with Gasteiger partial charge in [0.1, 0.15) is 0 Å². The van der Waals surface area contributed by atoms with E-state index in [-0.39, 0.29) is 5.91 Å². The highest BCUT2D eigenvalue weighted by molar-refractivity contribution is 5.79. The Bertz CT molecular complexity index is 427. The van der Waals surface area contributed by atoms with Crippen molar-refractivity contribution in [2.75, 3.05) is 13.1 Å². The lowest BCUT2D eigenvalue weighted by atomic mass is 9.97. The largest absolute Gasteiger partial charge is 0.355 e. The fourth-order valence-corrected chi connectivity index (χ4v) is 1.81. The summed E-state index contributed by atoms with van der Waals surface area (Å²) < 4.78 is 0. The number of hydrogen-bond donors (Lipinski definition) is 2. The van der Waals surface area contributed by atoms with Crippen molar-refractivity contribution in [3.63, 3.8) is 0 Å². The van der Waals surface area contributed by atoms with Gasteiger partial charge in [-0.25, -0.2) is 0 Å².